The van der Waals surface area contributed by atoms with E-state index in [0.717, 1.165) is 25.7 Å². The van der Waals surface area contributed by atoms with Gasteiger partial charge < -0.3 is 9.64 Å². The quantitative estimate of drug-likeness (QED) is 0.694. The van der Waals surface area contributed by atoms with Crippen LogP contribution in [0.5, 0.6) is 0 Å². The second-order valence-corrected chi connectivity index (χ2v) is 7.25. The average molecular weight is 286 g/mol. The summed E-state index contributed by atoms with van der Waals surface area (Å²) in [7, 11) is 0. The SMILES string of the molecule is CC1OC(C)C(C(=O)N2C3CCC2CC(Cl)C3)C1C. The number of piperidine rings is 1. The topological polar surface area (TPSA) is 29.5 Å². The lowest BCUT2D eigenvalue weighted by Crippen LogP contribution is -2.51. The van der Waals surface area contributed by atoms with E-state index in [2.05, 4.69) is 18.7 Å². The predicted molar refractivity (Wildman–Crippen MR) is 75.2 cm³/mol. The van der Waals surface area contributed by atoms with E-state index in [-0.39, 0.29) is 23.5 Å². The third kappa shape index (κ3) is 2.19. The predicted octanol–water partition coefficient (Wildman–Crippen LogP) is 2.81. The number of rotatable bonds is 1. The number of fused-ring (bicyclic) bond motifs is 2. The molecule has 0 N–H and O–H groups in total. The Morgan fingerprint density at radius 1 is 1.11 bits per heavy atom. The van der Waals surface area contributed by atoms with Crippen LogP contribution in [0.2, 0.25) is 0 Å². The lowest BCUT2D eigenvalue weighted by molar-refractivity contribution is -0.142. The molecule has 3 aliphatic heterocycles. The summed E-state index contributed by atoms with van der Waals surface area (Å²) in [6.45, 7) is 6.26. The van der Waals surface area contributed by atoms with Gasteiger partial charge >= 0.3 is 0 Å². The molecule has 2 bridgehead atoms. The first-order valence-corrected chi connectivity index (χ1v) is 8.04. The normalized spacial score (nSPS) is 49.7. The van der Waals surface area contributed by atoms with Crippen LogP contribution >= 0.6 is 11.6 Å². The Labute approximate surface area is 120 Å². The second-order valence-electron chi connectivity index (χ2n) is 6.63. The minimum absolute atomic E-state index is 0.0324. The summed E-state index contributed by atoms with van der Waals surface area (Å²) in [5.41, 5.74) is 0. The van der Waals surface area contributed by atoms with Crippen LogP contribution in [0.1, 0.15) is 46.5 Å². The van der Waals surface area contributed by atoms with E-state index in [1.165, 1.54) is 0 Å². The van der Waals surface area contributed by atoms with Crippen molar-refractivity contribution in [3.05, 3.63) is 0 Å². The third-order valence-electron chi connectivity index (χ3n) is 5.46. The van der Waals surface area contributed by atoms with Crippen LogP contribution in [-0.4, -0.2) is 40.5 Å². The Morgan fingerprint density at radius 2 is 1.68 bits per heavy atom. The fraction of sp³-hybridized carbons (Fsp3) is 0.933. The molecule has 0 aromatic rings. The number of hydrogen-bond acceptors (Lipinski definition) is 2. The highest BCUT2D eigenvalue weighted by Gasteiger charge is 2.49. The zero-order valence-electron chi connectivity index (χ0n) is 12.0. The molecule has 3 heterocycles. The number of nitrogens with zero attached hydrogens (tertiary/aromatic N) is 1. The first kappa shape index (κ1) is 13.7. The number of amides is 1. The molecule has 3 nitrogen and oxygen atoms in total. The van der Waals surface area contributed by atoms with Gasteiger partial charge in [-0.3, -0.25) is 4.79 Å². The molecule has 108 valence electrons. The van der Waals surface area contributed by atoms with Gasteiger partial charge in [-0.05, 0) is 45.4 Å². The van der Waals surface area contributed by atoms with E-state index in [1.54, 1.807) is 0 Å². The number of carbonyl (C=O) groups excluding carboxylic acids is 1. The van der Waals surface area contributed by atoms with Gasteiger partial charge in [0.2, 0.25) is 5.91 Å². The molecule has 3 saturated heterocycles. The average Bonchev–Trinajstić information content (AvgIpc) is 2.74. The van der Waals surface area contributed by atoms with Crippen LogP contribution in [0, 0.1) is 11.8 Å². The Balaban J connectivity index is 1.78. The Kier molecular flexibility index (Phi) is 3.55. The first-order chi connectivity index (χ1) is 8.99. The molecule has 0 aliphatic carbocycles. The van der Waals surface area contributed by atoms with Crippen molar-refractivity contribution in [2.24, 2.45) is 11.8 Å². The zero-order chi connectivity index (χ0) is 13.7. The summed E-state index contributed by atoms with van der Waals surface area (Å²) in [5, 5.41) is 0.259. The van der Waals surface area contributed by atoms with Gasteiger partial charge in [-0.2, -0.15) is 0 Å². The maximum atomic E-state index is 12.9. The summed E-state index contributed by atoms with van der Waals surface area (Å²) in [6.07, 6.45) is 4.43. The van der Waals surface area contributed by atoms with Crippen molar-refractivity contribution in [3.63, 3.8) is 0 Å². The highest BCUT2D eigenvalue weighted by atomic mass is 35.5. The van der Waals surface area contributed by atoms with Crippen LogP contribution in [0.25, 0.3) is 0 Å². The number of alkyl halides is 1. The fourth-order valence-corrected chi connectivity index (χ4v) is 4.75. The highest BCUT2D eigenvalue weighted by molar-refractivity contribution is 6.20. The van der Waals surface area contributed by atoms with Crippen molar-refractivity contribution < 1.29 is 9.53 Å². The maximum Gasteiger partial charge on any atom is 0.229 e. The fourth-order valence-electron chi connectivity index (χ4n) is 4.33. The summed E-state index contributed by atoms with van der Waals surface area (Å²) in [6, 6.07) is 0.758. The molecule has 0 saturated carbocycles. The highest BCUT2D eigenvalue weighted by Crippen LogP contribution is 2.41. The standard InChI is InChI=1S/C15H24ClNO2/c1-8-9(2)19-10(3)14(8)15(18)17-12-4-5-13(17)7-11(16)6-12/h8-14H,4-7H2,1-3H3. The van der Waals surface area contributed by atoms with Crippen molar-refractivity contribution in [3.8, 4) is 0 Å². The summed E-state index contributed by atoms with van der Waals surface area (Å²) in [5.74, 6) is 0.668. The largest absolute Gasteiger partial charge is 0.374 e. The molecule has 3 rings (SSSR count). The van der Waals surface area contributed by atoms with Gasteiger partial charge in [0.25, 0.3) is 0 Å². The molecule has 1 amide bonds. The van der Waals surface area contributed by atoms with Crippen LogP contribution in [-0.2, 0) is 9.53 Å². The van der Waals surface area contributed by atoms with Crippen molar-refractivity contribution >= 4 is 17.5 Å². The molecule has 19 heavy (non-hydrogen) atoms. The van der Waals surface area contributed by atoms with Crippen molar-refractivity contribution in [1.29, 1.82) is 0 Å². The lowest BCUT2D eigenvalue weighted by Gasteiger charge is -2.39. The maximum absolute atomic E-state index is 12.9. The molecule has 0 aromatic heterocycles. The van der Waals surface area contributed by atoms with Gasteiger partial charge in [-0.25, -0.2) is 0 Å². The van der Waals surface area contributed by atoms with Crippen LogP contribution in [0.3, 0.4) is 0 Å². The summed E-state index contributed by atoms with van der Waals surface area (Å²) >= 11 is 6.29. The smallest absolute Gasteiger partial charge is 0.229 e. The molecule has 3 aliphatic rings. The lowest BCUT2D eigenvalue weighted by atomic mass is 9.87. The van der Waals surface area contributed by atoms with E-state index >= 15 is 0 Å². The van der Waals surface area contributed by atoms with Crippen molar-refractivity contribution in [2.45, 2.75) is 76.1 Å². The van der Waals surface area contributed by atoms with Gasteiger partial charge in [0, 0.05) is 17.5 Å². The Hall–Kier alpha value is -0.280. The van der Waals surface area contributed by atoms with Crippen LogP contribution in [0.15, 0.2) is 0 Å². The molecule has 0 spiro atoms. The molecule has 6 atom stereocenters. The molecule has 3 fully saturated rings. The van der Waals surface area contributed by atoms with Crippen molar-refractivity contribution in [2.75, 3.05) is 0 Å². The van der Waals surface area contributed by atoms with E-state index in [9.17, 15) is 4.79 Å². The van der Waals surface area contributed by atoms with E-state index < -0.39 is 0 Å². The van der Waals surface area contributed by atoms with E-state index in [4.69, 9.17) is 16.3 Å². The number of halogens is 1. The Bertz CT molecular complexity index is 361. The molecular formula is C15H24ClNO2. The van der Waals surface area contributed by atoms with E-state index in [1.807, 2.05) is 6.92 Å². The second kappa shape index (κ2) is 4.92. The summed E-state index contributed by atoms with van der Waals surface area (Å²) in [4.78, 5) is 15.1. The van der Waals surface area contributed by atoms with Crippen molar-refractivity contribution in [1.82, 2.24) is 4.90 Å². The van der Waals surface area contributed by atoms with Gasteiger partial charge in [0.1, 0.15) is 0 Å². The number of ether oxygens (including phenoxy) is 1. The molecule has 0 radical (unpaired) electrons. The third-order valence-corrected chi connectivity index (χ3v) is 5.81. The van der Waals surface area contributed by atoms with Crippen LogP contribution < -0.4 is 0 Å². The molecule has 4 heteroatoms. The summed E-state index contributed by atoms with van der Waals surface area (Å²) < 4.78 is 5.84. The van der Waals surface area contributed by atoms with E-state index in [0.29, 0.717) is 23.9 Å². The van der Waals surface area contributed by atoms with Gasteiger partial charge in [0.15, 0.2) is 0 Å². The minimum Gasteiger partial charge on any atom is -0.374 e. The first-order valence-electron chi connectivity index (χ1n) is 7.60. The Morgan fingerprint density at radius 3 is 2.16 bits per heavy atom. The number of carbonyl (C=O) groups is 1. The monoisotopic (exact) mass is 285 g/mol. The molecular weight excluding hydrogens is 262 g/mol. The molecule has 0 aromatic carbocycles. The molecule has 6 unspecified atom stereocenters. The van der Waals surface area contributed by atoms with Gasteiger partial charge in [-0.15, -0.1) is 11.6 Å². The zero-order valence-corrected chi connectivity index (χ0v) is 12.8. The van der Waals surface area contributed by atoms with Gasteiger partial charge in [0.05, 0.1) is 18.1 Å². The van der Waals surface area contributed by atoms with Gasteiger partial charge in [-0.1, -0.05) is 6.92 Å². The number of hydrogen-bond donors (Lipinski definition) is 0. The van der Waals surface area contributed by atoms with Crippen LogP contribution in [0.4, 0.5) is 0 Å². The minimum atomic E-state index is 0.0324.